The summed E-state index contributed by atoms with van der Waals surface area (Å²) in [5.74, 6) is 0.636. The lowest BCUT2D eigenvalue weighted by Gasteiger charge is -2.22. The van der Waals surface area contributed by atoms with E-state index in [2.05, 4.69) is 15.3 Å². The highest BCUT2D eigenvalue weighted by Crippen LogP contribution is 2.24. The lowest BCUT2D eigenvalue weighted by Crippen LogP contribution is -2.36. The molecular weight excluding hydrogens is 238 g/mol. The Morgan fingerprint density at radius 3 is 2.53 bits per heavy atom. The van der Waals surface area contributed by atoms with Crippen LogP contribution >= 0.6 is 0 Å². The Labute approximate surface area is 111 Å². The van der Waals surface area contributed by atoms with Crippen LogP contribution in [0.4, 0.5) is 0 Å². The highest BCUT2D eigenvalue weighted by Gasteiger charge is 2.29. The molecule has 1 unspecified atom stereocenters. The van der Waals surface area contributed by atoms with Crippen LogP contribution in [0.3, 0.4) is 0 Å². The first-order chi connectivity index (χ1) is 9.09. The Morgan fingerprint density at radius 1 is 1.05 bits per heavy atom. The largest absolute Gasteiger partial charge is 0.315 e. The smallest absolute Gasteiger partial charge is 0.179 e. The standard InChI is InChI=1S/C14H15N5/c1-10-8-9-12-16-17-13(19(12)18-10)14(2,15)11-6-4-3-5-7-11/h3-9H,15H2,1-2H3. The van der Waals surface area contributed by atoms with Gasteiger partial charge in [0.25, 0.3) is 0 Å². The van der Waals surface area contributed by atoms with E-state index in [1.165, 1.54) is 0 Å². The minimum absolute atomic E-state index is 0.636. The Bertz CT molecular complexity index is 715. The van der Waals surface area contributed by atoms with Gasteiger partial charge in [-0.15, -0.1) is 10.2 Å². The molecule has 0 saturated heterocycles. The normalized spacial score (nSPS) is 14.5. The molecule has 0 aliphatic carbocycles. The van der Waals surface area contributed by atoms with Gasteiger partial charge in [0.15, 0.2) is 11.5 Å². The monoisotopic (exact) mass is 253 g/mol. The van der Waals surface area contributed by atoms with E-state index in [-0.39, 0.29) is 0 Å². The second-order valence-corrected chi connectivity index (χ2v) is 4.84. The van der Waals surface area contributed by atoms with E-state index in [4.69, 9.17) is 5.73 Å². The zero-order valence-electron chi connectivity index (χ0n) is 10.9. The van der Waals surface area contributed by atoms with Gasteiger partial charge in [0, 0.05) is 0 Å². The third kappa shape index (κ3) is 1.88. The van der Waals surface area contributed by atoms with Crippen LogP contribution in [0, 0.1) is 6.92 Å². The number of aromatic nitrogens is 4. The van der Waals surface area contributed by atoms with Gasteiger partial charge < -0.3 is 5.73 Å². The van der Waals surface area contributed by atoms with Crippen molar-refractivity contribution in [3.63, 3.8) is 0 Å². The highest BCUT2D eigenvalue weighted by molar-refractivity contribution is 5.40. The zero-order valence-corrected chi connectivity index (χ0v) is 10.9. The van der Waals surface area contributed by atoms with Crippen molar-refractivity contribution in [2.45, 2.75) is 19.4 Å². The molecule has 0 amide bonds. The lowest BCUT2D eigenvalue weighted by molar-refractivity contribution is 0.537. The number of rotatable bonds is 2. The average Bonchev–Trinajstić information content (AvgIpc) is 2.83. The average molecular weight is 253 g/mol. The number of fused-ring (bicyclic) bond motifs is 1. The molecule has 0 aliphatic heterocycles. The van der Waals surface area contributed by atoms with Gasteiger partial charge in [-0.1, -0.05) is 30.3 Å². The maximum Gasteiger partial charge on any atom is 0.179 e. The molecule has 0 radical (unpaired) electrons. The van der Waals surface area contributed by atoms with Crippen molar-refractivity contribution in [3.05, 3.63) is 59.5 Å². The topological polar surface area (TPSA) is 69.1 Å². The van der Waals surface area contributed by atoms with Crippen molar-refractivity contribution in [2.75, 3.05) is 0 Å². The summed E-state index contributed by atoms with van der Waals surface area (Å²) in [6.45, 7) is 3.85. The van der Waals surface area contributed by atoms with E-state index in [9.17, 15) is 0 Å². The van der Waals surface area contributed by atoms with Crippen LogP contribution in [-0.4, -0.2) is 19.8 Å². The van der Waals surface area contributed by atoms with Crippen LogP contribution in [0.25, 0.3) is 5.65 Å². The van der Waals surface area contributed by atoms with Crippen LogP contribution in [0.15, 0.2) is 42.5 Å². The molecule has 0 aliphatic rings. The summed E-state index contributed by atoms with van der Waals surface area (Å²) in [5, 5.41) is 12.8. The van der Waals surface area contributed by atoms with Crippen molar-refractivity contribution in [1.29, 1.82) is 0 Å². The Balaban J connectivity index is 2.21. The summed E-state index contributed by atoms with van der Waals surface area (Å²) in [5.41, 5.74) is 8.30. The van der Waals surface area contributed by atoms with Crippen LogP contribution < -0.4 is 5.73 Å². The number of nitrogens with two attached hydrogens (primary N) is 1. The third-order valence-electron chi connectivity index (χ3n) is 3.23. The van der Waals surface area contributed by atoms with Crippen molar-refractivity contribution in [3.8, 4) is 0 Å². The summed E-state index contributed by atoms with van der Waals surface area (Å²) in [6, 6.07) is 13.6. The molecule has 0 fully saturated rings. The fourth-order valence-corrected chi connectivity index (χ4v) is 2.12. The SMILES string of the molecule is Cc1ccc2nnc(C(C)(N)c3ccccc3)n2n1. The lowest BCUT2D eigenvalue weighted by atomic mass is 9.92. The number of benzene rings is 1. The molecule has 2 N–H and O–H groups in total. The predicted molar refractivity (Wildman–Crippen MR) is 72.6 cm³/mol. The molecule has 0 bridgehead atoms. The van der Waals surface area contributed by atoms with Gasteiger partial charge in [-0.05, 0) is 31.5 Å². The van der Waals surface area contributed by atoms with E-state index < -0.39 is 5.54 Å². The summed E-state index contributed by atoms with van der Waals surface area (Å²) in [6.07, 6.45) is 0. The molecule has 5 heteroatoms. The Morgan fingerprint density at radius 2 is 1.79 bits per heavy atom. The first kappa shape index (κ1) is 11.8. The van der Waals surface area contributed by atoms with Crippen LogP contribution in [-0.2, 0) is 5.54 Å². The van der Waals surface area contributed by atoms with Gasteiger partial charge >= 0.3 is 0 Å². The summed E-state index contributed by atoms with van der Waals surface area (Å²) < 4.78 is 1.71. The molecule has 0 spiro atoms. The zero-order chi connectivity index (χ0) is 13.5. The minimum Gasteiger partial charge on any atom is -0.315 e. The van der Waals surface area contributed by atoms with E-state index in [0.29, 0.717) is 11.5 Å². The molecule has 96 valence electrons. The van der Waals surface area contributed by atoms with E-state index in [1.807, 2.05) is 56.3 Å². The highest BCUT2D eigenvalue weighted by atomic mass is 15.4. The fourth-order valence-electron chi connectivity index (χ4n) is 2.12. The van der Waals surface area contributed by atoms with Gasteiger partial charge in [0.2, 0.25) is 0 Å². The first-order valence-corrected chi connectivity index (χ1v) is 6.13. The van der Waals surface area contributed by atoms with Gasteiger partial charge in [0.1, 0.15) is 5.54 Å². The Kier molecular flexibility index (Phi) is 2.57. The fraction of sp³-hybridized carbons (Fsp3) is 0.214. The van der Waals surface area contributed by atoms with Crippen LogP contribution in [0.5, 0.6) is 0 Å². The maximum absolute atomic E-state index is 6.46. The second-order valence-electron chi connectivity index (χ2n) is 4.84. The number of hydrogen-bond acceptors (Lipinski definition) is 4. The molecule has 2 heterocycles. The number of hydrogen-bond donors (Lipinski definition) is 1. The molecule has 2 aromatic heterocycles. The molecular formula is C14H15N5. The second kappa shape index (κ2) is 4.13. The van der Waals surface area contributed by atoms with Crippen molar-refractivity contribution in [1.82, 2.24) is 19.8 Å². The van der Waals surface area contributed by atoms with Gasteiger partial charge in [0.05, 0.1) is 5.69 Å². The van der Waals surface area contributed by atoms with Gasteiger partial charge in [-0.3, -0.25) is 0 Å². The van der Waals surface area contributed by atoms with Crippen molar-refractivity contribution in [2.24, 2.45) is 5.73 Å². The van der Waals surface area contributed by atoms with Crippen LogP contribution in [0.2, 0.25) is 0 Å². The van der Waals surface area contributed by atoms with Crippen molar-refractivity contribution < 1.29 is 0 Å². The van der Waals surface area contributed by atoms with Crippen LogP contribution in [0.1, 0.15) is 24.0 Å². The summed E-state index contributed by atoms with van der Waals surface area (Å²) in [7, 11) is 0. The minimum atomic E-state index is -0.735. The van der Waals surface area contributed by atoms with E-state index >= 15 is 0 Å². The molecule has 0 saturated carbocycles. The van der Waals surface area contributed by atoms with Gasteiger partial charge in [-0.25, -0.2) is 0 Å². The van der Waals surface area contributed by atoms with Crippen molar-refractivity contribution >= 4 is 5.65 Å². The number of aryl methyl sites for hydroxylation is 1. The number of nitrogens with zero attached hydrogens (tertiary/aromatic N) is 4. The molecule has 1 aromatic carbocycles. The summed E-state index contributed by atoms with van der Waals surface area (Å²) >= 11 is 0. The molecule has 3 rings (SSSR count). The van der Waals surface area contributed by atoms with E-state index in [0.717, 1.165) is 11.3 Å². The molecule has 5 nitrogen and oxygen atoms in total. The molecule has 1 atom stereocenters. The van der Waals surface area contributed by atoms with E-state index in [1.54, 1.807) is 4.52 Å². The molecule has 19 heavy (non-hydrogen) atoms. The first-order valence-electron chi connectivity index (χ1n) is 6.13. The Hall–Kier alpha value is -2.27. The summed E-state index contributed by atoms with van der Waals surface area (Å²) in [4.78, 5) is 0. The quantitative estimate of drug-likeness (QED) is 0.754. The third-order valence-corrected chi connectivity index (χ3v) is 3.23. The van der Waals surface area contributed by atoms with Gasteiger partial charge in [-0.2, -0.15) is 9.61 Å². The maximum atomic E-state index is 6.46. The predicted octanol–water partition coefficient (Wildman–Crippen LogP) is 1.65. The molecule has 3 aromatic rings.